The minimum Gasteiger partial charge on any atom is -0.369 e. The van der Waals surface area contributed by atoms with Crippen molar-refractivity contribution in [3.05, 3.63) is 50.8 Å². The zero-order valence-corrected chi connectivity index (χ0v) is 15.6. The number of rotatable bonds is 1. The van der Waals surface area contributed by atoms with Crippen LogP contribution in [-0.4, -0.2) is 22.8 Å². The lowest BCUT2D eigenvalue weighted by atomic mass is 9.78. The van der Waals surface area contributed by atoms with E-state index in [-0.39, 0.29) is 11.6 Å². The second-order valence-electron chi connectivity index (χ2n) is 7.24. The summed E-state index contributed by atoms with van der Waals surface area (Å²) in [5, 5.41) is 12.1. The summed E-state index contributed by atoms with van der Waals surface area (Å²) < 4.78 is 7.30. The first-order chi connectivity index (χ1) is 12.1. The van der Waals surface area contributed by atoms with Crippen LogP contribution in [0.15, 0.2) is 30.5 Å². The molecule has 3 atom stereocenters. The molecule has 1 spiro atoms. The van der Waals surface area contributed by atoms with E-state index in [0.29, 0.717) is 6.04 Å². The third-order valence-electron chi connectivity index (χ3n) is 5.47. The Labute approximate surface area is 155 Å². The average molecular weight is 374 g/mol. The lowest BCUT2D eigenvalue weighted by Gasteiger charge is -2.46. The molecule has 0 bridgehead atoms. The highest BCUT2D eigenvalue weighted by atomic mass is 35.5. The Kier molecular flexibility index (Phi) is 3.68. The van der Waals surface area contributed by atoms with E-state index in [4.69, 9.17) is 16.3 Å². The molecule has 0 unspecified atom stereocenters. The van der Waals surface area contributed by atoms with Crippen molar-refractivity contribution in [2.24, 2.45) is 0 Å². The van der Waals surface area contributed by atoms with Crippen LogP contribution in [0.1, 0.15) is 41.8 Å². The summed E-state index contributed by atoms with van der Waals surface area (Å²) in [6.07, 6.45) is 4.75. The second-order valence-corrected chi connectivity index (χ2v) is 8.93. The van der Waals surface area contributed by atoms with E-state index >= 15 is 0 Å². The molecule has 130 valence electrons. The summed E-state index contributed by atoms with van der Waals surface area (Å²) in [4.78, 5) is 1.34. The number of aromatic amines is 1. The highest BCUT2D eigenvalue weighted by molar-refractivity contribution is 7.16. The molecule has 0 radical (unpaired) electrons. The molecule has 2 aliphatic rings. The molecule has 0 aliphatic carbocycles. The molecule has 3 aromatic rings. The smallest absolute Gasteiger partial charge is 0.106 e. The highest BCUT2D eigenvalue weighted by Gasteiger charge is 2.46. The molecular weight excluding hydrogens is 354 g/mol. The van der Waals surface area contributed by atoms with Gasteiger partial charge in [-0.1, -0.05) is 23.7 Å². The molecule has 2 aliphatic heterocycles. The van der Waals surface area contributed by atoms with E-state index < -0.39 is 0 Å². The van der Waals surface area contributed by atoms with Gasteiger partial charge in [-0.2, -0.15) is 5.10 Å². The third-order valence-corrected chi connectivity index (χ3v) is 6.96. The van der Waals surface area contributed by atoms with E-state index in [1.165, 1.54) is 16.0 Å². The van der Waals surface area contributed by atoms with E-state index in [9.17, 15) is 0 Å². The summed E-state index contributed by atoms with van der Waals surface area (Å²) in [5.74, 6) is 0. The van der Waals surface area contributed by atoms with Gasteiger partial charge in [-0.3, -0.25) is 5.10 Å². The maximum absolute atomic E-state index is 6.43. The van der Waals surface area contributed by atoms with Crippen LogP contribution in [0.4, 0.5) is 0 Å². The van der Waals surface area contributed by atoms with Gasteiger partial charge in [-0.05, 0) is 43.0 Å². The van der Waals surface area contributed by atoms with Crippen LogP contribution in [-0.2, 0) is 16.8 Å². The number of piperidine rings is 1. The molecule has 2 N–H and O–H groups in total. The molecule has 25 heavy (non-hydrogen) atoms. The monoisotopic (exact) mass is 373 g/mol. The zero-order valence-electron chi connectivity index (χ0n) is 14.0. The topological polar surface area (TPSA) is 49.9 Å². The van der Waals surface area contributed by atoms with Crippen molar-refractivity contribution in [1.29, 1.82) is 0 Å². The fourth-order valence-corrected chi connectivity index (χ4v) is 5.91. The van der Waals surface area contributed by atoms with Crippen molar-refractivity contribution in [3.8, 4) is 0 Å². The van der Waals surface area contributed by atoms with Gasteiger partial charge < -0.3 is 10.1 Å². The standard InChI is InChI=1S/C19H20ClN3OS/c1-11-8-19(18-13(4-5-24-19)7-17(20)25-18)9-16(22-11)12-2-3-14-10-21-23-15(14)6-12/h2-3,6-7,10-11,16,22H,4-5,8-9H2,1H3,(H,21,23)/t11-,16-,19-/m0/s1. The number of thiophene rings is 1. The Hall–Kier alpha value is -1.40. The van der Waals surface area contributed by atoms with E-state index in [2.05, 4.69) is 46.7 Å². The largest absolute Gasteiger partial charge is 0.369 e. The van der Waals surface area contributed by atoms with E-state index in [1.54, 1.807) is 11.3 Å². The predicted molar refractivity (Wildman–Crippen MR) is 101 cm³/mol. The van der Waals surface area contributed by atoms with Crippen LogP contribution >= 0.6 is 22.9 Å². The van der Waals surface area contributed by atoms with E-state index in [1.807, 2.05) is 6.20 Å². The second kappa shape index (κ2) is 5.81. The normalized spacial score (nSPS) is 29.2. The average Bonchev–Trinajstić information content (AvgIpc) is 3.20. The Morgan fingerprint density at radius 2 is 2.24 bits per heavy atom. The van der Waals surface area contributed by atoms with Crippen molar-refractivity contribution >= 4 is 33.8 Å². The zero-order chi connectivity index (χ0) is 17.0. The molecule has 1 fully saturated rings. The van der Waals surface area contributed by atoms with Gasteiger partial charge in [0.25, 0.3) is 0 Å². The number of hydrogen-bond acceptors (Lipinski definition) is 4. The number of fused-ring (bicyclic) bond motifs is 3. The summed E-state index contributed by atoms with van der Waals surface area (Å²) >= 11 is 8.03. The van der Waals surface area contributed by atoms with Crippen LogP contribution < -0.4 is 5.32 Å². The Bertz CT molecular complexity index is 936. The third kappa shape index (κ3) is 2.61. The van der Waals surface area contributed by atoms with Gasteiger partial charge in [0.05, 0.1) is 22.7 Å². The van der Waals surface area contributed by atoms with Crippen LogP contribution in [0.5, 0.6) is 0 Å². The molecule has 6 heteroatoms. The lowest BCUT2D eigenvalue weighted by molar-refractivity contribution is -0.0954. The maximum atomic E-state index is 6.43. The molecule has 4 heterocycles. The number of nitrogens with zero attached hydrogens (tertiary/aromatic N) is 1. The minimum atomic E-state index is -0.219. The van der Waals surface area contributed by atoms with Gasteiger partial charge in [0.15, 0.2) is 0 Å². The molecule has 5 rings (SSSR count). The van der Waals surface area contributed by atoms with Crippen LogP contribution in [0.3, 0.4) is 0 Å². The van der Waals surface area contributed by atoms with Gasteiger partial charge in [0.2, 0.25) is 0 Å². The first-order valence-corrected chi connectivity index (χ1v) is 9.94. The summed E-state index contributed by atoms with van der Waals surface area (Å²) in [7, 11) is 0. The van der Waals surface area contributed by atoms with Gasteiger partial charge in [0, 0.05) is 28.8 Å². The fourth-order valence-electron chi connectivity index (χ4n) is 4.45. The van der Waals surface area contributed by atoms with E-state index in [0.717, 1.165) is 41.1 Å². The van der Waals surface area contributed by atoms with Crippen LogP contribution in [0.2, 0.25) is 4.34 Å². The van der Waals surface area contributed by atoms with Gasteiger partial charge in [-0.25, -0.2) is 0 Å². The SMILES string of the molecule is C[C@H]1C[C@@]2(C[C@@H](c3ccc4cn[nH]c4c3)N1)OCCc1cc(Cl)sc12. The summed E-state index contributed by atoms with van der Waals surface area (Å²) in [6, 6.07) is 9.30. The number of halogens is 1. The van der Waals surface area contributed by atoms with Gasteiger partial charge in [0.1, 0.15) is 5.60 Å². The molecular formula is C19H20ClN3OS. The Morgan fingerprint density at radius 3 is 3.16 bits per heavy atom. The maximum Gasteiger partial charge on any atom is 0.106 e. The van der Waals surface area contributed by atoms with Crippen LogP contribution in [0, 0.1) is 0 Å². The quantitative estimate of drug-likeness (QED) is 0.657. The van der Waals surface area contributed by atoms with Crippen molar-refractivity contribution in [1.82, 2.24) is 15.5 Å². The van der Waals surface area contributed by atoms with Gasteiger partial charge in [-0.15, -0.1) is 11.3 Å². The molecule has 0 saturated carbocycles. The van der Waals surface area contributed by atoms with Crippen molar-refractivity contribution in [2.75, 3.05) is 6.61 Å². The van der Waals surface area contributed by atoms with Crippen molar-refractivity contribution in [2.45, 2.75) is 43.9 Å². The predicted octanol–water partition coefficient (Wildman–Crippen LogP) is 4.56. The molecule has 0 amide bonds. The lowest BCUT2D eigenvalue weighted by Crippen LogP contribution is -2.49. The number of aromatic nitrogens is 2. The fraction of sp³-hybridized carbons (Fsp3) is 0.421. The number of H-pyrrole nitrogens is 1. The minimum absolute atomic E-state index is 0.219. The van der Waals surface area contributed by atoms with Crippen molar-refractivity contribution in [3.63, 3.8) is 0 Å². The summed E-state index contributed by atoms with van der Waals surface area (Å²) in [6.45, 7) is 3.02. The number of nitrogens with one attached hydrogen (secondary N) is 2. The first-order valence-electron chi connectivity index (χ1n) is 8.75. The summed E-state index contributed by atoms with van der Waals surface area (Å²) in [5.41, 5.74) is 3.51. The molecule has 4 nitrogen and oxygen atoms in total. The van der Waals surface area contributed by atoms with Gasteiger partial charge >= 0.3 is 0 Å². The molecule has 1 saturated heterocycles. The Balaban J connectivity index is 1.55. The van der Waals surface area contributed by atoms with Crippen molar-refractivity contribution < 1.29 is 4.74 Å². The first kappa shape index (κ1) is 15.8. The highest BCUT2D eigenvalue weighted by Crippen LogP contribution is 2.50. The van der Waals surface area contributed by atoms with Crippen LogP contribution in [0.25, 0.3) is 10.9 Å². The molecule has 2 aromatic heterocycles. The number of benzene rings is 1. The number of ether oxygens (including phenoxy) is 1. The molecule has 1 aromatic carbocycles. The number of hydrogen-bond donors (Lipinski definition) is 2. The Morgan fingerprint density at radius 1 is 1.32 bits per heavy atom.